The highest BCUT2D eigenvalue weighted by molar-refractivity contribution is 5.93. The summed E-state index contributed by atoms with van der Waals surface area (Å²) < 4.78 is 5.81. The third-order valence-electron chi connectivity index (χ3n) is 4.55. The molecule has 2 aliphatic heterocycles. The molecule has 2 heterocycles. The molecule has 3 rings (SSSR count). The van der Waals surface area contributed by atoms with Crippen LogP contribution in [0.5, 0.6) is 0 Å². The number of likely N-dealkylation sites (tertiary alicyclic amines) is 1. The Balaban J connectivity index is 1.69. The maximum absolute atomic E-state index is 12.9. The molecule has 2 fully saturated rings. The normalized spacial score (nSPS) is 24.5. The van der Waals surface area contributed by atoms with Crippen LogP contribution in [0.3, 0.4) is 0 Å². The van der Waals surface area contributed by atoms with Gasteiger partial charge in [0.15, 0.2) is 0 Å². The van der Waals surface area contributed by atoms with E-state index in [0.717, 1.165) is 18.4 Å². The molecule has 0 spiro atoms. The number of amides is 2. The van der Waals surface area contributed by atoms with Crippen LogP contribution in [0, 0.1) is 0 Å². The second-order valence-electron chi connectivity index (χ2n) is 5.95. The van der Waals surface area contributed by atoms with Crippen molar-refractivity contribution in [2.45, 2.75) is 25.0 Å². The number of hydrogen-bond acceptors (Lipinski definition) is 3. The van der Waals surface area contributed by atoms with Crippen molar-refractivity contribution in [3.8, 4) is 0 Å². The van der Waals surface area contributed by atoms with Gasteiger partial charge in [-0.25, -0.2) is 0 Å². The summed E-state index contributed by atoms with van der Waals surface area (Å²) >= 11 is 0. The zero-order valence-electron chi connectivity index (χ0n) is 13.2. The summed E-state index contributed by atoms with van der Waals surface area (Å²) in [6, 6.07) is 9.59. The van der Waals surface area contributed by atoms with Crippen LogP contribution in [-0.4, -0.2) is 53.9 Å². The molecule has 0 saturated carbocycles. The summed E-state index contributed by atoms with van der Waals surface area (Å²) in [6.45, 7) is 5.80. The molecule has 5 nitrogen and oxygen atoms in total. The van der Waals surface area contributed by atoms with Crippen LogP contribution in [0.25, 0.3) is 0 Å². The summed E-state index contributed by atoms with van der Waals surface area (Å²) in [7, 11) is 0. The van der Waals surface area contributed by atoms with Gasteiger partial charge in [0.05, 0.1) is 13.2 Å². The van der Waals surface area contributed by atoms with Crippen molar-refractivity contribution in [3.05, 3.63) is 48.6 Å². The van der Waals surface area contributed by atoms with Gasteiger partial charge in [-0.05, 0) is 24.5 Å². The van der Waals surface area contributed by atoms with E-state index in [0.29, 0.717) is 26.2 Å². The SMILES string of the molecule is C=CC(=O)N1CCCC1C(=O)N1CCOC(c2ccccc2)C1. The Labute approximate surface area is 136 Å². The van der Waals surface area contributed by atoms with Crippen LogP contribution in [0.1, 0.15) is 24.5 Å². The molecule has 23 heavy (non-hydrogen) atoms. The first-order chi connectivity index (χ1) is 11.2. The van der Waals surface area contributed by atoms with Crippen LogP contribution in [0.2, 0.25) is 0 Å². The fraction of sp³-hybridized carbons (Fsp3) is 0.444. The summed E-state index contributed by atoms with van der Waals surface area (Å²) in [5.41, 5.74) is 1.08. The molecule has 2 aliphatic rings. The number of ether oxygens (including phenoxy) is 1. The first-order valence-electron chi connectivity index (χ1n) is 8.09. The number of morpholine rings is 1. The molecule has 2 atom stereocenters. The third-order valence-corrected chi connectivity index (χ3v) is 4.55. The number of hydrogen-bond donors (Lipinski definition) is 0. The highest BCUT2D eigenvalue weighted by Gasteiger charge is 2.37. The Hall–Kier alpha value is -2.14. The summed E-state index contributed by atoms with van der Waals surface area (Å²) in [4.78, 5) is 28.2. The zero-order valence-corrected chi connectivity index (χ0v) is 13.2. The lowest BCUT2D eigenvalue weighted by Crippen LogP contribution is -2.51. The summed E-state index contributed by atoms with van der Waals surface area (Å²) in [6.07, 6.45) is 2.78. The fourth-order valence-corrected chi connectivity index (χ4v) is 3.33. The predicted molar refractivity (Wildman–Crippen MR) is 86.6 cm³/mol. The second-order valence-corrected chi connectivity index (χ2v) is 5.95. The Morgan fingerprint density at radius 1 is 1.22 bits per heavy atom. The van der Waals surface area contributed by atoms with Gasteiger partial charge in [-0.3, -0.25) is 9.59 Å². The Morgan fingerprint density at radius 3 is 2.74 bits per heavy atom. The molecule has 1 aromatic carbocycles. The minimum Gasteiger partial charge on any atom is -0.370 e. The minimum atomic E-state index is -0.352. The molecule has 2 saturated heterocycles. The molecular formula is C18H22N2O3. The maximum atomic E-state index is 12.9. The lowest BCUT2D eigenvalue weighted by atomic mass is 10.1. The van der Waals surface area contributed by atoms with Gasteiger partial charge in [-0.2, -0.15) is 0 Å². The average Bonchev–Trinajstić information content (AvgIpc) is 3.11. The van der Waals surface area contributed by atoms with E-state index in [9.17, 15) is 9.59 Å². The van der Waals surface area contributed by atoms with Gasteiger partial charge in [0, 0.05) is 13.1 Å². The van der Waals surface area contributed by atoms with E-state index in [-0.39, 0.29) is 24.0 Å². The number of benzene rings is 1. The first-order valence-corrected chi connectivity index (χ1v) is 8.09. The Morgan fingerprint density at radius 2 is 2.00 bits per heavy atom. The van der Waals surface area contributed by atoms with Crippen molar-refractivity contribution >= 4 is 11.8 Å². The number of carbonyl (C=O) groups excluding carboxylic acids is 2. The number of carbonyl (C=O) groups is 2. The molecule has 0 aliphatic carbocycles. The van der Waals surface area contributed by atoms with Gasteiger partial charge in [0.2, 0.25) is 11.8 Å². The van der Waals surface area contributed by atoms with Crippen LogP contribution >= 0.6 is 0 Å². The quantitative estimate of drug-likeness (QED) is 0.799. The molecule has 0 aromatic heterocycles. The van der Waals surface area contributed by atoms with E-state index in [1.54, 1.807) is 4.90 Å². The lowest BCUT2D eigenvalue weighted by molar-refractivity contribution is -0.147. The second kappa shape index (κ2) is 6.96. The molecule has 0 bridgehead atoms. The minimum absolute atomic E-state index is 0.0296. The van der Waals surface area contributed by atoms with Gasteiger partial charge in [-0.15, -0.1) is 0 Å². The molecule has 0 radical (unpaired) electrons. The molecule has 0 N–H and O–H groups in total. The maximum Gasteiger partial charge on any atom is 0.246 e. The van der Waals surface area contributed by atoms with Crippen molar-refractivity contribution in [1.29, 1.82) is 0 Å². The van der Waals surface area contributed by atoms with E-state index in [2.05, 4.69) is 6.58 Å². The average molecular weight is 314 g/mol. The van der Waals surface area contributed by atoms with Crippen molar-refractivity contribution in [3.63, 3.8) is 0 Å². The Bertz CT molecular complexity index is 587. The van der Waals surface area contributed by atoms with E-state index < -0.39 is 0 Å². The molecule has 1 aromatic rings. The summed E-state index contributed by atoms with van der Waals surface area (Å²) in [5.74, 6) is -0.129. The van der Waals surface area contributed by atoms with Gasteiger partial charge >= 0.3 is 0 Å². The Kier molecular flexibility index (Phi) is 4.76. The van der Waals surface area contributed by atoms with E-state index in [1.165, 1.54) is 6.08 Å². The lowest BCUT2D eigenvalue weighted by Gasteiger charge is -2.36. The zero-order chi connectivity index (χ0) is 16.2. The largest absolute Gasteiger partial charge is 0.370 e. The van der Waals surface area contributed by atoms with Crippen molar-refractivity contribution in [2.75, 3.05) is 26.2 Å². The third kappa shape index (κ3) is 3.29. The molecule has 2 amide bonds. The van der Waals surface area contributed by atoms with E-state index >= 15 is 0 Å². The van der Waals surface area contributed by atoms with Gasteiger partial charge in [-0.1, -0.05) is 36.9 Å². The standard InChI is InChI=1S/C18H22N2O3/c1-2-17(21)20-10-6-9-15(20)18(22)19-11-12-23-16(13-19)14-7-4-3-5-8-14/h2-5,7-8,15-16H,1,6,9-13H2. The topological polar surface area (TPSA) is 49.9 Å². The van der Waals surface area contributed by atoms with Crippen LogP contribution in [0.15, 0.2) is 43.0 Å². The van der Waals surface area contributed by atoms with Crippen LogP contribution < -0.4 is 0 Å². The monoisotopic (exact) mass is 314 g/mol. The smallest absolute Gasteiger partial charge is 0.246 e. The van der Waals surface area contributed by atoms with Gasteiger partial charge in [0.25, 0.3) is 0 Å². The van der Waals surface area contributed by atoms with E-state index in [4.69, 9.17) is 4.74 Å². The summed E-state index contributed by atoms with van der Waals surface area (Å²) in [5, 5.41) is 0. The molecule has 5 heteroatoms. The highest BCUT2D eigenvalue weighted by atomic mass is 16.5. The van der Waals surface area contributed by atoms with Gasteiger partial charge in [0.1, 0.15) is 12.1 Å². The van der Waals surface area contributed by atoms with Crippen LogP contribution in [0.4, 0.5) is 0 Å². The molecular weight excluding hydrogens is 292 g/mol. The predicted octanol–water partition coefficient (Wildman–Crippen LogP) is 1.76. The van der Waals surface area contributed by atoms with Crippen LogP contribution in [-0.2, 0) is 14.3 Å². The van der Waals surface area contributed by atoms with Crippen molar-refractivity contribution < 1.29 is 14.3 Å². The fourth-order valence-electron chi connectivity index (χ4n) is 3.33. The molecule has 122 valence electrons. The van der Waals surface area contributed by atoms with Crippen molar-refractivity contribution in [2.24, 2.45) is 0 Å². The molecule has 2 unspecified atom stereocenters. The number of rotatable bonds is 3. The highest BCUT2D eigenvalue weighted by Crippen LogP contribution is 2.25. The number of nitrogens with zero attached hydrogens (tertiary/aromatic N) is 2. The first kappa shape index (κ1) is 15.7. The van der Waals surface area contributed by atoms with Crippen molar-refractivity contribution in [1.82, 2.24) is 9.80 Å². The van der Waals surface area contributed by atoms with E-state index in [1.807, 2.05) is 35.2 Å². The van der Waals surface area contributed by atoms with Gasteiger partial charge < -0.3 is 14.5 Å².